The molecule has 25 heavy (non-hydrogen) atoms. The zero-order valence-corrected chi connectivity index (χ0v) is 15.2. The molecule has 4 rings (SSSR count). The Bertz CT molecular complexity index is 630. The number of carbonyl (C=O) groups is 1. The monoisotopic (exact) mass is 342 g/mol. The third-order valence-corrected chi connectivity index (χ3v) is 6.01. The van der Waals surface area contributed by atoms with Crippen molar-refractivity contribution in [1.82, 2.24) is 9.80 Å². The lowest BCUT2D eigenvalue weighted by atomic mass is 10.1. The van der Waals surface area contributed by atoms with Crippen molar-refractivity contribution in [2.45, 2.75) is 69.7 Å². The van der Waals surface area contributed by atoms with Crippen LogP contribution in [0.1, 0.15) is 44.6 Å². The van der Waals surface area contributed by atoms with E-state index in [0.29, 0.717) is 12.1 Å². The van der Waals surface area contributed by atoms with Crippen molar-refractivity contribution in [3.8, 4) is 0 Å². The molecule has 3 aliphatic rings. The SMILES string of the molecule is CC1CC(Nc2cccc(CN3CCCC3C(N)=O)c2)CN1C1CC1. The Labute approximate surface area is 150 Å². The molecule has 3 atom stereocenters. The molecule has 1 aromatic rings. The van der Waals surface area contributed by atoms with E-state index in [0.717, 1.165) is 38.5 Å². The van der Waals surface area contributed by atoms with Gasteiger partial charge in [0, 0.05) is 36.9 Å². The highest BCUT2D eigenvalue weighted by Gasteiger charge is 2.38. The molecule has 0 bridgehead atoms. The van der Waals surface area contributed by atoms with Gasteiger partial charge in [-0.15, -0.1) is 0 Å². The molecule has 2 heterocycles. The number of rotatable bonds is 6. The van der Waals surface area contributed by atoms with Crippen molar-refractivity contribution in [2.24, 2.45) is 5.73 Å². The third-order valence-electron chi connectivity index (χ3n) is 6.01. The van der Waals surface area contributed by atoms with Gasteiger partial charge in [0.25, 0.3) is 0 Å². The molecule has 1 aliphatic carbocycles. The number of primary amides is 1. The Morgan fingerprint density at radius 3 is 2.92 bits per heavy atom. The van der Waals surface area contributed by atoms with Gasteiger partial charge in [-0.1, -0.05) is 12.1 Å². The highest BCUT2D eigenvalue weighted by molar-refractivity contribution is 5.80. The Balaban J connectivity index is 1.37. The Morgan fingerprint density at radius 1 is 1.32 bits per heavy atom. The van der Waals surface area contributed by atoms with Gasteiger partial charge < -0.3 is 11.1 Å². The molecule has 2 saturated heterocycles. The minimum atomic E-state index is -0.188. The quantitative estimate of drug-likeness (QED) is 0.832. The van der Waals surface area contributed by atoms with Crippen molar-refractivity contribution >= 4 is 11.6 Å². The predicted molar refractivity (Wildman–Crippen MR) is 100 cm³/mol. The van der Waals surface area contributed by atoms with Crippen molar-refractivity contribution in [2.75, 3.05) is 18.4 Å². The summed E-state index contributed by atoms with van der Waals surface area (Å²) < 4.78 is 0. The second kappa shape index (κ2) is 6.96. The van der Waals surface area contributed by atoms with Gasteiger partial charge in [0.05, 0.1) is 6.04 Å². The molecule has 1 aromatic carbocycles. The first-order valence-electron chi connectivity index (χ1n) is 9.75. The fourth-order valence-corrected chi connectivity index (χ4v) is 4.64. The summed E-state index contributed by atoms with van der Waals surface area (Å²) in [6.45, 7) is 5.28. The van der Waals surface area contributed by atoms with Gasteiger partial charge >= 0.3 is 0 Å². The van der Waals surface area contributed by atoms with Crippen LogP contribution < -0.4 is 11.1 Å². The van der Waals surface area contributed by atoms with Crippen LogP contribution in [0.3, 0.4) is 0 Å². The lowest BCUT2D eigenvalue weighted by Crippen LogP contribution is -2.39. The van der Waals surface area contributed by atoms with E-state index in [9.17, 15) is 4.79 Å². The lowest BCUT2D eigenvalue weighted by Gasteiger charge is -2.22. The fraction of sp³-hybridized carbons (Fsp3) is 0.650. The van der Waals surface area contributed by atoms with Gasteiger partial charge in [0.2, 0.25) is 5.91 Å². The fourth-order valence-electron chi connectivity index (χ4n) is 4.64. The van der Waals surface area contributed by atoms with E-state index in [1.54, 1.807) is 0 Å². The van der Waals surface area contributed by atoms with Crippen LogP contribution in [0, 0.1) is 0 Å². The summed E-state index contributed by atoms with van der Waals surface area (Å²) in [7, 11) is 0. The Morgan fingerprint density at radius 2 is 2.16 bits per heavy atom. The average molecular weight is 342 g/mol. The number of anilines is 1. The number of hydrogen-bond acceptors (Lipinski definition) is 4. The number of nitrogens with two attached hydrogens (primary N) is 1. The number of benzene rings is 1. The number of nitrogens with zero attached hydrogens (tertiary/aromatic N) is 2. The first-order valence-corrected chi connectivity index (χ1v) is 9.75. The van der Waals surface area contributed by atoms with Crippen molar-refractivity contribution in [3.05, 3.63) is 29.8 Å². The molecule has 1 amide bonds. The maximum absolute atomic E-state index is 11.6. The molecule has 1 saturated carbocycles. The summed E-state index contributed by atoms with van der Waals surface area (Å²) in [5.41, 5.74) is 7.99. The molecule has 0 spiro atoms. The number of carbonyl (C=O) groups excluding carboxylic acids is 1. The van der Waals surface area contributed by atoms with Crippen LogP contribution in [0.25, 0.3) is 0 Å². The molecular weight excluding hydrogens is 312 g/mol. The zero-order chi connectivity index (χ0) is 17.4. The molecule has 3 N–H and O–H groups in total. The van der Waals surface area contributed by atoms with Gasteiger partial charge in [-0.25, -0.2) is 0 Å². The van der Waals surface area contributed by atoms with Gasteiger partial charge in [0.1, 0.15) is 0 Å². The summed E-state index contributed by atoms with van der Waals surface area (Å²) in [5, 5.41) is 3.73. The van der Waals surface area contributed by atoms with Gasteiger partial charge in [-0.2, -0.15) is 0 Å². The number of amides is 1. The van der Waals surface area contributed by atoms with E-state index >= 15 is 0 Å². The summed E-state index contributed by atoms with van der Waals surface area (Å²) in [5.74, 6) is -0.188. The van der Waals surface area contributed by atoms with Crippen LogP contribution in [0.5, 0.6) is 0 Å². The van der Waals surface area contributed by atoms with Gasteiger partial charge in [-0.05, 0) is 63.3 Å². The molecule has 5 nitrogen and oxygen atoms in total. The van der Waals surface area contributed by atoms with Crippen molar-refractivity contribution < 1.29 is 4.79 Å². The molecular formula is C20H30N4O. The minimum Gasteiger partial charge on any atom is -0.381 e. The third kappa shape index (κ3) is 3.82. The highest BCUT2D eigenvalue weighted by atomic mass is 16.1. The number of hydrogen-bond donors (Lipinski definition) is 2. The predicted octanol–water partition coefficient (Wildman–Crippen LogP) is 2.17. The molecule has 3 unspecified atom stereocenters. The van der Waals surface area contributed by atoms with Crippen LogP contribution in [0.4, 0.5) is 5.69 Å². The maximum Gasteiger partial charge on any atom is 0.234 e. The van der Waals surface area contributed by atoms with Crippen LogP contribution >= 0.6 is 0 Å². The lowest BCUT2D eigenvalue weighted by molar-refractivity contribution is -0.122. The highest BCUT2D eigenvalue weighted by Crippen LogP contribution is 2.34. The van der Waals surface area contributed by atoms with Crippen molar-refractivity contribution in [3.63, 3.8) is 0 Å². The molecule has 3 fully saturated rings. The summed E-state index contributed by atoms with van der Waals surface area (Å²) in [6, 6.07) is 10.6. The Hall–Kier alpha value is -1.59. The summed E-state index contributed by atoms with van der Waals surface area (Å²) >= 11 is 0. The van der Waals surface area contributed by atoms with E-state index in [4.69, 9.17) is 5.73 Å². The standard InChI is InChI=1S/C20H30N4O/c1-14-10-17(13-24(14)18-7-8-18)22-16-5-2-4-15(11-16)12-23-9-3-6-19(23)20(21)25/h2,4-5,11,14,17-19,22H,3,6-10,12-13H2,1H3,(H2,21,25). The van der Waals surface area contributed by atoms with Crippen LogP contribution in [-0.4, -0.2) is 53.0 Å². The van der Waals surface area contributed by atoms with Crippen molar-refractivity contribution in [1.29, 1.82) is 0 Å². The number of nitrogens with one attached hydrogen (secondary N) is 1. The minimum absolute atomic E-state index is 0.0978. The van der Waals surface area contributed by atoms with Crippen LogP contribution in [-0.2, 0) is 11.3 Å². The molecule has 0 aromatic heterocycles. The average Bonchev–Trinajstić information content (AvgIpc) is 3.20. The first kappa shape index (κ1) is 16.9. The van der Waals surface area contributed by atoms with E-state index in [2.05, 4.69) is 46.3 Å². The normalized spacial score (nSPS) is 30.7. The topological polar surface area (TPSA) is 61.6 Å². The molecule has 0 radical (unpaired) electrons. The summed E-state index contributed by atoms with van der Waals surface area (Å²) in [6.07, 6.45) is 5.93. The maximum atomic E-state index is 11.6. The molecule has 136 valence electrons. The second-order valence-corrected chi connectivity index (χ2v) is 8.09. The van der Waals surface area contributed by atoms with E-state index in [1.807, 2.05) is 0 Å². The van der Waals surface area contributed by atoms with Crippen LogP contribution in [0.15, 0.2) is 24.3 Å². The molecule has 2 aliphatic heterocycles. The smallest absolute Gasteiger partial charge is 0.234 e. The second-order valence-electron chi connectivity index (χ2n) is 8.09. The van der Waals surface area contributed by atoms with E-state index in [-0.39, 0.29) is 11.9 Å². The largest absolute Gasteiger partial charge is 0.381 e. The Kier molecular flexibility index (Phi) is 4.69. The first-order chi connectivity index (χ1) is 12.1. The van der Waals surface area contributed by atoms with E-state index in [1.165, 1.54) is 30.5 Å². The van der Waals surface area contributed by atoms with Crippen LogP contribution in [0.2, 0.25) is 0 Å². The number of likely N-dealkylation sites (tertiary alicyclic amines) is 2. The molecule has 5 heteroatoms. The zero-order valence-electron chi connectivity index (χ0n) is 15.2. The van der Waals surface area contributed by atoms with Gasteiger partial charge in [-0.3, -0.25) is 14.6 Å². The van der Waals surface area contributed by atoms with Gasteiger partial charge in [0.15, 0.2) is 0 Å². The summed E-state index contributed by atoms with van der Waals surface area (Å²) in [4.78, 5) is 16.5. The van der Waals surface area contributed by atoms with E-state index < -0.39 is 0 Å².